The van der Waals surface area contributed by atoms with Gasteiger partial charge in [0.2, 0.25) is 5.78 Å². The minimum atomic E-state index is -0.380. The first-order chi connectivity index (χ1) is 14.5. The number of aromatic nitrogens is 3. The van der Waals surface area contributed by atoms with Crippen LogP contribution in [-0.2, 0) is 5.75 Å². The average Bonchev–Trinajstić information content (AvgIpc) is 3.01. The highest BCUT2D eigenvalue weighted by Gasteiger charge is 2.33. The highest BCUT2D eigenvalue weighted by molar-refractivity contribution is 7.98. The molecule has 1 amide bonds. The quantitative estimate of drug-likeness (QED) is 0.285. The number of ketones is 1. The first kappa shape index (κ1) is 22.5. The number of hydrogen-bond donors (Lipinski definition) is 1. The van der Waals surface area contributed by atoms with E-state index in [1.807, 2.05) is 12.1 Å². The first-order valence-corrected chi connectivity index (χ1v) is 11.8. The van der Waals surface area contributed by atoms with Crippen molar-refractivity contribution < 1.29 is 18.7 Å². The number of Topliss-reactive ketones (excluding diaryl/α,β-unsaturated/α-hetero) is 1. The van der Waals surface area contributed by atoms with Gasteiger partial charge in [0.15, 0.2) is 0 Å². The zero-order valence-corrected chi connectivity index (χ0v) is 18.6. The summed E-state index contributed by atoms with van der Waals surface area (Å²) in [6, 6.07) is 3.57. The molecule has 8 heteroatoms. The molecule has 0 atom stereocenters. The number of carbonyl (C=O) groups excluding carboxylic acids is 2. The molecule has 0 aromatic carbocycles. The average molecular weight is 432 g/mol. The fourth-order valence-corrected chi connectivity index (χ4v) is 4.21. The fraction of sp³-hybridized carbons (Fsp3) is 0.591. The van der Waals surface area contributed by atoms with Gasteiger partial charge in [-0.15, -0.1) is 0 Å². The van der Waals surface area contributed by atoms with E-state index < -0.39 is 0 Å². The Morgan fingerprint density at radius 2 is 1.90 bits per heavy atom. The van der Waals surface area contributed by atoms with Crippen LogP contribution in [0.15, 0.2) is 34.2 Å². The number of thioether (sulfide) groups is 1. The smallest absolute Gasteiger partial charge is 0.390 e. The summed E-state index contributed by atoms with van der Waals surface area (Å²) in [7, 11) is 0. The second-order valence-electron chi connectivity index (χ2n) is 8.22. The largest absolute Gasteiger partial charge is 0.520 e. The molecule has 2 aromatic rings. The number of pyridine rings is 1. The van der Waals surface area contributed by atoms with Gasteiger partial charge in [0.05, 0.1) is 6.04 Å². The highest BCUT2D eigenvalue weighted by Crippen LogP contribution is 2.22. The molecule has 1 aliphatic rings. The molecule has 2 heterocycles. The summed E-state index contributed by atoms with van der Waals surface area (Å²) in [6.07, 6.45) is 11.1. The van der Waals surface area contributed by atoms with E-state index in [4.69, 9.17) is 4.42 Å². The molecule has 1 N–H and O–H groups in total. The van der Waals surface area contributed by atoms with Crippen LogP contribution in [0.4, 0.5) is 4.79 Å². The Kier molecular flexibility index (Phi) is 8.42. The predicted molar refractivity (Wildman–Crippen MR) is 114 cm³/mol. The summed E-state index contributed by atoms with van der Waals surface area (Å²) in [4.78, 5) is 29.7. The van der Waals surface area contributed by atoms with E-state index in [1.165, 1.54) is 24.6 Å². The lowest BCUT2D eigenvalue weighted by Crippen LogP contribution is -2.57. The highest BCUT2D eigenvalue weighted by atomic mass is 32.2. The van der Waals surface area contributed by atoms with Gasteiger partial charge in [0.1, 0.15) is 0 Å². The summed E-state index contributed by atoms with van der Waals surface area (Å²) in [5.41, 5.74) is 1.07. The normalized spacial score (nSPS) is 15.2. The lowest BCUT2D eigenvalue weighted by molar-refractivity contribution is -0.640. The number of amides is 1. The van der Waals surface area contributed by atoms with Crippen LogP contribution in [0.3, 0.4) is 0 Å². The molecular formula is C22H31N4O3S+. The van der Waals surface area contributed by atoms with Gasteiger partial charge in [-0.1, -0.05) is 38.5 Å². The zero-order chi connectivity index (χ0) is 21.3. The predicted octanol–water partition coefficient (Wildman–Crippen LogP) is 4.55. The lowest BCUT2D eigenvalue weighted by atomic mass is 10.1. The van der Waals surface area contributed by atoms with Crippen molar-refractivity contribution in [3.63, 3.8) is 0 Å². The van der Waals surface area contributed by atoms with Gasteiger partial charge in [-0.25, -0.2) is 5.32 Å². The van der Waals surface area contributed by atoms with E-state index in [-0.39, 0.29) is 23.7 Å². The van der Waals surface area contributed by atoms with Gasteiger partial charge in [-0.3, -0.25) is 9.78 Å². The Balaban J connectivity index is 1.74. The standard InChI is InChI=1S/C22H30N4O3S/c1-16(2)9-10-19(27)20-26(21(28)24-18-7-5-3-4-6-8-18)25-22(29-20)30-15-17-11-13-23-14-12-17/h11-14,16,18H,3-10,15H2,1-2H3/p+1. The third kappa shape index (κ3) is 6.65. The second kappa shape index (κ2) is 11.2. The maximum absolute atomic E-state index is 12.9. The van der Waals surface area contributed by atoms with Crippen molar-refractivity contribution in [1.29, 1.82) is 0 Å². The van der Waals surface area contributed by atoms with Crippen molar-refractivity contribution in [3.05, 3.63) is 36.0 Å². The van der Waals surface area contributed by atoms with E-state index >= 15 is 0 Å². The van der Waals surface area contributed by atoms with Crippen molar-refractivity contribution in [3.8, 4) is 0 Å². The Labute approximate surface area is 182 Å². The minimum absolute atomic E-state index is 0.0130. The molecule has 1 fully saturated rings. The molecule has 162 valence electrons. The monoisotopic (exact) mass is 431 g/mol. The zero-order valence-electron chi connectivity index (χ0n) is 17.8. The number of hydrogen-bond acceptors (Lipinski definition) is 6. The summed E-state index contributed by atoms with van der Waals surface area (Å²) >= 11 is 1.36. The molecule has 1 saturated carbocycles. The molecule has 3 rings (SSSR count). The van der Waals surface area contributed by atoms with Crippen molar-refractivity contribution in [2.75, 3.05) is 0 Å². The molecule has 1 aliphatic carbocycles. The van der Waals surface area contributed by atoms with Gasteiger partial charge in [0.25, 0.3) is 5.22 Å². The first-order valence-electron chi connectivity index (χ1n) is 10.8. The lowest BCUT2D eigenvalue weighted by Gasteiger charge is -2.09. The molecule has 2 aromatic heterocycles. The van der Waals surface area contributed by atoms with Gasteiger partial charge < -0.3 is 4.42 Å². The minimum Gasteiger partial charge on any atom is -0.390 e. The molecule has 0 radical (unpaired) electrons. The van der Waals surface area contributed by atoms with Crippen LogP contribution in [0, 0.1) is 5.92 Å². The van der Waals surface area contributed by atoms with E-state index in [1.54, 1.807) is 12.4 Å². The SMILES string of the molecule is CC(C)CCC(=O)c1oc(SCc2ccncc2)n[n+]1C(=O)NC1CCCCCC1. The number of carbonyl (C=O) groups is 2. The fourth-order valence-electron chi connectivity index (χ4n) is 3.45. The van der Waals surface area contributed by atoms with Crippen LogP contribution in [0.2, 0.25) is 0 Å². The van der Waals surface area contributed by atoms with E-state index in [9.17, 15) is 9.59 Å². The maximum Gasteiger partial charge on any atom is 0.520 e. The van der Waals surface area contributed by atoms with Crippen LogP contribution in [-0.4, -0.2) is 27.9 Å². The second-order valence-corrected chi connectivity index (χ2v) is 9.15. The molecule has 0 bridgehead atoms. The summed E-state index contributed by atoms with van der Waals surface area (Å²) < 4.78 is 6.88. The number of nitrogens with zero attached hydrogens (tertiary/aromatic N) is 3. The molecule has 0 aliphatic heterocycles. The van der Waals surface area contributed by atoms with Crippen molar-refractivity contribution in [2.24, 2.45) is 5.92 Å². The topological polar surface area (TPSA) is 89.0 Å². The third-order valence-corrected chi connectivity index (χ3v) is 6.12. The molecule has 30 heavy (non-hydrogen) atoms. The van der Waals surface area contributed by atoms with E-state index in [0.717, 1.165) is 42.3 Å². The Bertz CT molecular complexity index is 830. The van der Waals surface area contributed by atoms with E-state index in [0.29, 0.717) is 23.3 Å². The van der Waals surface area contributed by atoms with Crippen molar-refractivity contribution in [1.82, 2.24) is 15.4 Å². The van der Waals surface area contributed by atoms with Gasteiger partial charge in [-0.2, -0.15) is 4.79 Å². The summed E-state index contributed by atoms with van der Waals surface area (Å²) in [6.45, 7) is 4.13. The van der Waals surface area contributed by atoms with Crippen molar-refractivity contribution in [2.45, 2.75) is 82.2 Å². The van der Waals surface area contributed by atoms with Crippen molar-refractivity contribution >= 4 is 23.6 Å². The molecule has 0 saturated heterocycles. The molecule has 0 unspecified atom stereocenters. The van der Waals surface area contributed by atoms with Crippen LogP contribution >= 0.6 is 11.8 Å². The third-order valence-electron chi connectivity index (χ3n) is 5.23. The molecule has 0 spiro atoms. The summed E-state index contributed by atoms with van der Waals surface area (Å²) in [5.74, 6) is 0.833. The Morgan fingerprint density at radius 1 is 1.20 bits per heavy atom. The maximum atomic E-state index is 12.9. The van der Waals surface area contributed by atoms with Crippen LogP contribution < -0.4 is 10.00 Å². The van der Waals surface area contributed by atoms with Crippen LogP contribution in [0.25, 0.3) is 0 Å². The molecule has 7 nitrogen and oxygen atoms in total. The van der Waals surface area contributed by atoms with E-state index in [2.05, 4.69) is 29.2 Å². The number of nitrogens with one attached hydrogen (secondary N) is 1. The van der Waals surface area contributed by atoms with Gasteiger partial charge in [-0.05, 0) is 65.5 Å². The molecular weight excluding hydrogens is 400 g/mol. The Morgan fingerprint density at radius 3 is 2.57 bits per heavy atom. The van der Waals surface area contributed by atoms with Gasteiger partial charge >= 0.3 is 11.9 Å². The summed E-state index contributed by atoms with van der Waals surface area (Å²) in [5, 5.41) is 7.70. The van der Waals surface area contributed by atoms with Crippen LogP contribution in [0.5, 0.6) is 0 Å². The van der Waals surface area contributed by atoms with Crippen LogP contribution in [0.1, 0.15) is 81.5 Å². The number of rotatable bonds is 8. The van der Waals surface area contributed by atoms with Gasteiger partial charge in [0, 0.05) is 24.6 Å². The Hall–Kier alpha value is -2.22.